The third kappa shape index (κ3) is 4.27. The Balaban J connectivity index is 2.71. The van der Waals surface area contributed by atoms with Crippen LogP contribution in [-0.2, 0) is 15.6 Å². The number of hydrogen-bond donors (Lipinski definition) is 0. The molecule has 138 valence electrons. The summed E-state index contributed by atoms with van der Waals surface area (Å²) in [6.45, 7) is 2.08. The summed E-state index contributed by atoms with van der Waals surface area (Å²) in [4.78, 5) is 22.0. The minimum absolute atomic E-state index is 0.173. The fourth-order valence-corrected chi connectivity index (χ4v) is 3.25. The van der Waals surface area contributed by atoms with Gasteiger partial charge < -0.3 is 4.90 Å². The molecule has 9 nitrogen and oxygen atoms in total. The van der Waals surface area contributed by atoms with Crippen LogP contribution in [0.5, 0.6) is 0 Å². The molecule has 11 heteroatoms. The molecular weight excluding hydrogens is 386 g/mol. The summed E-state index contributed by atoms with van der Waals surface area (Å²) >= 11 is 0. The molecule has 26 heavy (non-hydrogen) atoms. The minimum atomic E-state index is -4.38. The molecule has 0 spiro atoms. The number of benzene rings is 2. The first-order valence-electron chi connectivity index (χ1n) is 7.35. The number of nitro benzene ring substituents is 2. The molecule has 0 N–H and O–H groups in total. The second-order valence-corrected chi connectivity index (χ2v) is 7.83. The van der Waals surface area contributed by atoms with E-state index in [-0.39, 0.29) is 18.8 Å². The lowest BCUT2D eigenvalue weighted by Gasteiger charge is -2.23. The van der Waals surface area contributed by atoms with Crippen LogP contribution in [0, 0.1) is 20.2 Å². The molecule has 0 heterocycles. The van der Waals surface area contributed by atoms with Crippen molar-refractivity contribution < 1.29 is 18.3 Å². The SMILES string of the molecule is CCN(Cc1ccccc1)c1c([N+](=O)[O-])cc(S(=O)(=O)Cl)cc1[N+](=O)[O-]. The third-order valence-corrected chi connectivity index (χ3v) is 4.97. The zero-order valence-electron chi connectivity index (χ0n) is 13.5. The van der Waals surface area contributed by atoms with E-state index in [1.165, 1.54) is 4.90 Å². The first-order chi connectivity index (χ1) is 12.1. The summed E-state index contributed by atoms with van der Waals surface area (Å²) < 4.78 is 23.1. The van der Waals surface area contributed by atoms with Crippen LogP contribution in [-0.4, -0.2) is 24.8 Å². The zero-order chi connectivity index (χ0) is 19.5. The van der Waals surface area contributed by atoms with Crippen molar-refractivity contribution in [1.29, 1.82) is 0 Å². The Hall–Kier alpha value is -2.72. The topological polar surface area (TPSA) is 124 Å². The molecule has 2 rings (SSSR count). The normalized spacial score (nSPS) is 11.2. The maximum atomic E-state index is 11.5. The van der Waals surface area contributed by atoms with Crippen molar-refractivity contribution in [2.45, 2.75) is 18.4 Å². The Kier molecular flexibility index (Phi) is 5.78. The lowest BCUT2D eigenvalue weighted by atomic mass is 10.1. The van der Waals surface area contributed by atoms with Gasteiger partial charge in [0.1, 0.15) is 0 Å². The number of rotatable bonds is 7. The second kappa shape index (κ2) is 7.67. The molecule has 0 saturated carbocycles. The van der Waals surface area contributed by atoms with Gasteiger partial charge >= 0.3 is 11.4 Å². The Morgan fingerprint density at radius 2 is 1.54 bits per heavy atom. The lowest BCUT2D eigenvalue weighted by Crippen LogP contribution is -2.24. The minimum Gasteiger partial charge on any atom is -0.356 e. The van der Waals surface area contributed by atoms with E-state index in [0.29, 0.717) is 0 Å². The Bertz CT molecular complexity index is 914. The third-order valence-electron chi connectivity index (χ3n) is 3.63. The summed E-state index contributed by atoms with van der Waals surface area (Å²) in [5.41, 5.74) is -0.880. The highest BCUT2D eigenvalue weighted by Gasteiger charge is 2.33. The van der Waals surface area contributed by atoms with Gasteiger partial charge in [0.25, 0.3) is 9.05 Å². The van der Waals surface area contributed by atoms with E-state index >= 15 is 0 Å². The molecule has 0 unspecified atom stereocenters. The van der Waals surface area contributed by atoms with Gasteiger partial charge in [0, 0.05) is 35.9 Å². The van der Waals surface area contributed by atoms with E-state index in [4.69, 9.17) is 10.7 Å². The predicted octanol–water partition coefficient (Wildman–Crippen LogP) is 3.46. The lowest BCUT2D eigenvalue weighted by molar-refractivity contribution is -0.393. The van der Waals surface area contributed by atoms with Gasteiger partial charge in [-0.3, -0.25) is 20.2 Å². The Morgan fingerprint density at radius 3 is 1.92 bits per heavy atom. The smallest absolute Gasteiger partial charge is 0.301 e. The molecule has 0 aliphatic carbocycles. The van der Waals surface area contributed by atoms with E-state index < -0.39 is 35.2 Å². The van der Waals surface area contributed by atoms with Crippen molar-refractivity contribution in [2.24, 2.45) is 0 Å². The van der Waals surface area contributed by atoms with Crippen molar-refractivity contribution in [3.05, 3.63) is 68.3 Å². The van der Waals surface area contributed by atoms with Crippen molar-refractivity contribution in [3.63, 3.8) is 0 Å². The van der Waals surface area contributed by atoms with Gasteiger partial charge in [-0.2, -0.15) is 0 Å². The number of nitrogens with zero attached hydrogens (tertiary/aromatic N) is 3. The van der Waals surface area contributed by atoms with Crippen LogP contribution in [0.15, 0.2) is 47.4 Å². The van der Waals surface area contributed by atoms with Crippen molar-refractivity contribution in [3.8, 4) is 0 Å². The summed E-state index contributed by atoms with van der Waals surface area (Å²) in [5.74, 6) is 0. The van der Waals surface area contributed by atoms with Crippen LogP contribution in [0.25, 0.3) is 0 Å². The van der Waals surface area contributed by atoms with Crippen LogP contribution in [0.2, 0.25) is 0 Å². The maximum Gasteiger partial charge on any atom is 0.301 e. The average molecular weight is 400 g/mol. The average Bonchev–Trinajstić information content (AvgIpc) is 2.58. The van der Waals surface area contributed by atoms with E-state index in [1.807, 2.05) is 0 Å². The highest BCUT2D eigenvalue weighted by molar-refractivity contribution is 8.13. The van der Waals surface area contributed by atoms with Crippen LogP contribution in [0.3, 0.4) is 0 Å². The van der Waals surface area contributed by atoms with E-state index in [1.54, 1.807) is 37.3 Å². The Labute approximate surface area is 153 Å². The van der Waals surface area contributed by atoms with Gasteiger partial charge in [-0.25, -0.2) is 8.42 Å². The largest absolute Gasteiger partial charge is 0.356 e. The Morgan fingerprint density at radius 1 is 1.04 bits per heavy atom. The zero-order valence-corrected chi connectivity index (χ0v) is 15.1. The first-order valence-corrected chi connectivity index (χ1v) is 9.66. The second-order valence-electron chi connectivity index (χ2n) is 5.26. The molecule has 0 atom stereocenters. The van der Waals surface area contributed by atoms with Crippen LogP contribution in [0.4, 0.5) is 17.1 Å². The molecule has 0 saturated heterocycles. The van der Waals surface area contributed by atoms with E-state index in [9.17, 15) is 28.6 Å². The van der Waals surface area contributed by atoms with Gasteiger partial charge in [-0.15, -0.1) is 0 Å². The molecule has 2 aromatic carbocycles. The number of anilines is 1. The predicted molar refractivity (Wildman–Crippen MR) is 96.0 cm³/mol. The first kappa shape index (κ1) is 19.6. The van der Waals surface area contributed by atoms with Gasteiger partial charge in [0.15, 0.2) is 5.69 Å². The molecule has 0 aromatic heterocycles. The summed E-state index contributed by atoms with van der Waals surface area (Å²) in [5, 5.41) is 22.9. The van der Waals surface area contributed by atoms with Gasteiger partial charge in [-0.05, 0) is 12.5 Å². The molecule has 2 aromatic rings. The van der Waals surface area contributed by atoms with Crippen LogP contribution < -0.4 is 4.90 Å². The fraction of sp³-hybridized carbons (Fsp3) is 0.200. The summed E-state index contributed by atoms with van der Waals surface area (Å²) in [7, 11) is 0.843. The van der Waals surface area contributed by atoms with E-state index in [2.05, 4.69) is 0 Å². The highest BCUT2D eigenvalue weighted by Crippen LogP contribution is 2.41. The summed E-state index contributed by atoms with van der Waals surface area (Å²) in [6, 6.07) is 10.4. The quantitative estimate of drug-likeness (QED) is 0.396. The van der Waals surface area contributed by atoms with Gasteiger partial charge in [0.2, 0.25) is 0 Å². The maximum absolute atomic E-state index is 11.5. The standard InChI is InChI=1S/C15H14ClN3O6S/c1-2-17(10-11-6-4-3-5-7-11)15-13(18(20)21)8-12(26(16,24)25)9-14(15)19(22)23/h3-9H,2,10H2,1H3. The molecular formula is C15H14ClN3O6S. The van der Waals surface area contributed by atoms with Crippen molar-refractivity contribution >= 4 is 36.8 Å². The molecule has 0 fully saturated rings. The highest BCUT2D eigenvalue weighted by atomic mass is 35.7. The van der Waals surface area contributed by atoms with Crippen LogP contribution >= 0.6 is 10.7 Å². The number of hydrogen-bond acceptors (Lipinski definition) is 7. The number of halogens is 1. The van der Waals surface area contributed by atoms with E-state index in [0.717, 1.165) is 17.7 Å². The fourth-order valence-electron chi connectivity index (χ4n) is 2.47. The molecule has 0 bridgehead atoms. The summed E-state index contributed by atoms with van der Waals surface area (Å²) in [6.07, 6.45) is 0. The number of nitro groups is 2. The van der Waals surface area contributed by atoms with Gasteiger partial charge in [-0.1, -0.05) is 30.3 Å². The van der Waals surface area contributed by atoms with Crippen molar-refractivity contribution in [1.82, 2.24) is 0 Å². The molecule has 0 radical (unpaired) electrons. The monoisotopic (exact) mass is 399 g/mol. The molecule has 0 aliphatic heterocycles. The van der Waals surface area contributed by atoms with Gasteiger partial charge in [0.05, 0.1) is 14.7 Å². The van der Waals surface area contributed by atoms with Crippen molar-refractivity contribution in [2.75, 3.05) is 11.4 Å². The molecule has 0 aliphatic rings. The van der Waals surface area contributed by atoms with Crippen LogP contribution in [0.1, 0.15) is 12.5 Å². The molecule has 0 amide bonds.